The van der Waals surface area contributed by atoms with E-state index in [1.54, 1.807) is 73.7 Å². The molecule has 2 amide bonds. The summed E-state index contributed by atoms with van der Waals surface area (Å²) >= 11 is 18.3. The summed E-state index contributed by atoms with van der Waals surface area (Å²) in [5.74, 6) is -1.28. The van der Waals surface area contributed by atoms with Crippen LogP contribution < -0.4 is 16.1 Å². The number of hydrogen-bond acceptors (Lipinski definition) is 5. The first-order valence-electron chi connectivity index (χ1n) is 10.6. The average molecular weight is 534 g/mol. The van der Waals surface area contributed by atoms with E-state index in [0.717, 1.165) is 0 Å². The first-order chi connectivity index (χ1) is 16.8. The molecule has 4 N–H and O–H groups in total. The highest BCUT2D eigenvalue weighted by atomic mass is 35.5. The van der Waals surface area contributed by atoms with Gasteiger partial charge in [0, 0.05) is 10.6 Å². The summed E-state index contributed by atoms with van der Waals surface area (Å²) in [6, 6.07) is 17.8. The molecule has 0 aromatic heterocycles. The molecule has 0 radical (unpaired) electrons. The third-order valence-electron chi connectivity index (χ3n) is 4.93. The van der Waals surface area contributed by atoms with Crippen LogP contribution in [0.4, 0.5) is 0 Å². The minimum Gasteiger partial charge on any atom is -0.339 e. The molecule has 0 aliphatic rings. The normalized spacial score (nSPS) is 12.5. The first kappa shape index (κ1) is 26.7. The predicted octanol–water partition coefficient (Wildman–Crippen LogP) is 5.23. The third kappa shape index (κ3) is 7.27. The van der Waals surface area contributed by atoms with Crippen LogP contribution >= 0.6 is 34.8 Å². The van der Waals surface area contributed by atoms with Gasteiger partial charge in [0.15, 0.2) is 0 Å². The quantitative estimate of drug-likeness (QED) is 0.172. The van der Waals surface area contributed by atoms with Gasteiger partial charge in [-0.1, -0.05) is 83.3 Å². The number of benzene rings is 3. The molecule has 0 aliphatic carbocycles. The molecule has 0 fully saturated rings. The SMILES string of the molecule is CCONC(C(=O)NC(C(=O)NC(=N)c1ccccc1)c1cccc(Cl)c1)c1ccc(Cl)c(Cl)c1. The molecule has 0 heterocycles. The van der Waals surface area contributed by atoms with E-state index in [0.29, 0.717) is 26.7 Å². The smallest absolute Gasteiger partial charge is 0.252 e. The fourth-order valence-electron chi connectivity index (χ4n) is 3.22. The fraction of sp³-hybridized carbons (Fsp3) is 0.160. The van der Waals surface area contributed by atoms with E-state index >= 15 is 0 Å². The van der Waals surface area contributed by atoms with Crippen LogP contribution in [0.15, 0.2) is 72.8 Å². The number of amides is 2. The summed E-state index contributed by atoms with van der Waals surface area (Å²) in [5.41, 5.74) is 4.13. The number of hydrogen-bond donors (Lipinski definition) is 4. The van der Waals surface area contributed by atoms with Gasteiger partial charge < -0.3 is 15.5 Å². The lowest BCUT2D eigenvalue weighted by molar-refractivity contribution is -0.132. The van der Waals surface area contributed by atoms with Crippen LogP contribution in [0.2, 0.25) is 15.1 Å². The molecule has 7 nitrogen and oxygen atoms in total. The molecule has 3 rings (SSSR count). The second kappa shape index (κ2) is 12.7. The van der Waals surface area contributed by atoms with E-state index in [4.69, 9.17) is 45.0 Å². The van der Waals surface area contributed by atoms with E-state index < -0.39 is 23.9 Å². The molecule has 0 saturated carbocycles. The van der Waals surface area contributed by atoms with Gasteiger partial charge in [-0.15, -0.1) is 0 Å². The van der Waals surface area contributed by atoms with E-state index in [1.807, 2.05) is 6.07 Å². The number of nitrogens with one attached hydrogen (secondary N) is 4. The number of amidine groups is 1. The van der Waals surface area contributed by atoms with Gasteiger partial charge in [0.1, 0.15) is 17.9 Å². The van der Waals surface area contributed by atoms with Crippen molar-refractivity contribution in [2.75, 3.05) is 6.61 Å². The zero-order valence-corrected chi connectivity index (χ0v) is 20.9. The summed E-state index contributed by atoms with van der Waals surface area (Å²) in [6.07, 6.45) is 0. The maximum Gasteiger partial charge on any atom is 0.252 e. The number of carbonyl (C=O) groups is 2. The molecule has 0 saturated heterocycles. The maximum absolute atomic E-state index is 13.4. The highest BCUT2D eigenvalue weighted by Crippen LogP contribution is 2.27. The molecule has 3 aromatic rings. The number of halogens is 3. The summed E-state index contributed by atoms with van der Waals surface area (Å²) in [4.78, 5) is 31.9. The Labute approximate surface area is 218 Å². The van der Waals surface area contributed by atoms with Gasteiger partial charge in [-0.25, -0.2) is 0 Å². The Morgan fingerprint density at radius 2 is 1.57 bits per heavy atom. The molecule has 0 bridgehead atoms. The largest absolute Gasteiger partial charge is 0.339 e. The van der Waals surface area contributed by atoms with Crippen LogP contribution in [0.1, 0.15) is 35.7 Å². The van der Waals surface area contributed by atoms with Gasteiger partial charge in [0.25, 0.3) is 5.91 Å². The van der Waals surface area contributed by atoms with Crippen LogP contribution in [0.25, 0.3) is 0 Å². The molecule has 35 heavy (non-hydrogen) atoms. The molecule has 0 aliphatic heterocycles. The van der Waals surface area contributed by atoms with Gasteiger partial charge in [-0.3, -0.25) is 15.0 Å². The minimum absolute atomic E-state index is 0.106. The first-order valence-corrected chi connectivity index (χ1v) is 11.8. The molecule has 0 spiro atoms. The molecule has 10 heteroatoms. The topological polar surface area (TPSA) is 103 Å². The summed E-state index contributed by atoms with van der Waals surface area (Å²) < 4.78 is 0. The lowest BCUT2D eigenvalue weighted by Gasteiger charge is -2.24. The second-order valence-electron chi connectivity index (χ2n) is 7.38. The lowest BCUT2D eigenvalue weighted by atomic mass is 10.0. The number of rotatable bonds is 9. The van der Waals surface area contributed by atoms with Crippen molar-refractivity contribution in [2.45, 2.75) is 19.0 Å². The van der Waals surface area contributed by atoms with Gasteiger partial charge in [-0.05, 0) is 42.3 Å². The van der Waals surface area contributed by atoms with Crippen LogP contribution in [0.3, 0.4) is 0 Å². The molecular weight excluding hydrogens is 511 g/mol. The predicted molar refractivity (Wildman–Crippen MR) is 138 cm³/mol. The van der Waals surface area contributed by atoms with Crippen LogP contribution in [-0.4, -0.2) is 24.3 Å². The van der Waals surface area contributed by atoms with Crippen LogP contribution in [0.5, 0.6) is 0 Å². The van der Waals surface area contributed by atoms with Crippen molar-refractivity contribution < 1.29 is 14.4 Å². The molecule has 2 atom stereocenters. The molecule has 182 valence electrons. The third-order valence-corrected chi connectivity index (χ3v) is 5.90. The minimum atomic E-state index is -1.15. The molecular formula is C25H23Cl3N4O3. The van der Waals surface area contributed by atoms with Gasteiger partial charge in [0.2, 0.25) is 5.91 Å². The fourth-order valence-corrected chi connectivity index (χ4v) is 3.72. The summed E-state index contributed by atoms with van der Waals surface area (Å²) in [7, 11) is 0. The van der Waals surface area contributed by atoms with E-state index in [9.17, 15) is 9.59 Å². The monoisotopic (exact) mass is 532 g/mol. The number of carbonyl (C=O) groups excluding carboxylic acids is 2. The van der Waals surface area contributed by atoms with Crippen molar-refractivity contribution in [3.8, 4) is 0 Å². The van der Waals surface area contributed by atoms with Gasteiger partial charge in [0.05, 0.1) is 16.7 Å². The van der Waals surface area contributed by atoms with Crippen molar-refractivity contribution >= 4 is 52.5 Å². The van der Waals surface area contributed by atoms with Crippen molar-refractivity contribution in [1.82, 2.24) is 16.1 Å². The molecule has 3 aromatic carbocycles. The molecule has 2 unspecified atom stereocenters. The standard InChI is InChI=1S/C25H23Cl3N4O3/c1-2-35-32-22(17-11-12-19(27)20(28)14-17)25(34)30-21(16-9-6-10-18(26)13-16)24(33)31-23(29)15-7-4-3-5-8-15/h3-14,21-22,32H,2H2,1H3,(H,30,34)(H2,29,31,33). The summed E-state index contributed by atoms with van der Waals surface area (Å²) in [5, 5.41) is 14.5. The highest BCUT2D eigenvalue weighted by Gasteiger charge is 2.29. The number of hydroxylamine groups is 1. The maximum atomic E-state index is 13.4. The zero-order valence-electron chi connectivity index (χ0n) is 18.6. The Bertz CT molecular complexity index is 1210. The van der Waals surface area contributed by atoms with Crippen molar-refractivity contribution in [3.63, 3.8) is 0 Å². The Balaban J connectivity index is 1.89. The van der Waals surface area contributed by atoms with E-state index in [-0.39, 0.29) is 17.5 Å². The van der Waals surface area contributed by atoms with E-state index in [2.05, 4.69) is 16.1 Å². The van der Waals surface area contributed by atoms with E-state index in [1.165, 1.54) is 0 Å². The van der Waals surface area contributed by atoms with Gasteiger partial charge >= 0.3 is 0 Å². The zero-order chi connectivity index (χ0) is 25.4. The van der Waals surface area contributed by atoms with Crippen molar-refractivity contribution in [2.24, 2.45) is 0 Å². The van der Waals surface area contributed by atoms with Crippen LogP contribution in [0, 0.1) is 5.41 Å². The second-order valence-corrected chi connectivity index (χ2v) is 8.64. The van der Waals surface area contributed by atoms with Crippen LogP contribution in [-0.2, 0) is 14.4 Å². The summed E-state index contributed by atoms with van der Waals surface area (Å²) in [6.45, 7) is 2.05. The lowest BCUT2D eigenvalue weighted by Crippen LogP contribution is -2.46. The van der Waals surface area contributed by atoms with Crippen molar-refractivity contribution in [1.29, 1.82) is 5.41 Å². The average Bonchev–Trinajstić information content (AvgIpc) is 2.85. The van der Waals surface area contributed by atoms with Crippen molar-refractivity contribution in [3.05, 3.63) is 105 Å². The highest BCUT2D eigenvalue weighted by molar-refractivity contribution is 6.42. The van der Waals surface area contributed by atoms with Gasteiger partial charge in [-0.2, -0.15) is 5.48 Å². The Morgan fingerprint density at radius 3 is 2.23 bits per heavy atom. The Kier molecular flexibility index (Phi) is 9.65. The Morgan fingerprint density at radius 1 is 0.857 bits per heavy atom. The Hall–Kier alpha value is -2.94.